The van der Waals surface area contributed by atoms with Gasteiger partial charge in [0.05, 0.1) is 23.4 Å². The summed E-state index contributed by atoms with van der Waals surface area (Å²) in [5, 5.41) is 1.81. The van der Waals surface area contributed by atoms with Gasteiger partial charge < -0.3 is 4.74 Å². The minimum Gasteiger partial charge on any atom is -0.494 e. The van der Waals surface area contributed by atoms with Gasteiger partial charge >= 0.3 is 0 Å². The highest BCUT2D eigenvalue weighted by molar-refractivity contribution is 7.99. The first kappa shape index (κ1) is 22.2. The zero-order valence-electron chi connectivity index (χ0n) is 18.0. The van der Waals surface area contributed by atoms with Crippen molar-refractivity contribution < 1.29 is 9.53 Å². The maximum Gasteiger partial charge on any atom is 0.267 e. The summed E-state index contributed by atoms with van der Waals surface area (Å²) < 4.78 is 7.18. The first-order valence-corrected chi connectivity index (χ1v) is 12.9. The first-order valence-electron chi connectivity index (χ1n) is 10.8. The van der Waals surface area contributed by atoms with E-state index >= 15 is 0 Å². The summed E-state index contributed by atoms with van der Waals surface area (Å²) in [6.07, 6.45) is 2.99. The zero-order chi connectivity index (χ0) is 22.9. The van der Waals surface area contributed by atoms with Gasteiger partial charge in [-0.05, 0) is 80.3 Å². The lowest BCUT2D eigenvalue weighted by molar-refractivity contribution is 0.102. The Labute approximate surface area is 204 Å². The van der Waals surface area contributed by atoms with Crippen LogP contribution in [0.5, 0.6) is 5.75 Å². The molecule has 2 aromatic heterocycles. The van der Waals surface area contributed by atoms with E-state index in [1.165, 1.54) is 16.6 Å². The van der Waals surface area contributed by atoms with E-state index in [0.29, 0.717) is 28.0 Å². The molecule has 0 bridgehead atoms. The Balaban J connectivity index is 1.56. The lowest BCUT2D eigenvalue weighted by Crippen LogP contribution is -2.22. The van der Waals surface area contributed by atoms with Gasteiger partial charge in [-0.1, -0.05) is 23.4 Å². The number of hydrogen-bond donors (Lipinski definition) is 0. The summed E-state index contributed by atoms with van der Waals surface area (Å²) in [4.78, 5) is 33.4. The molecule has 0 N–H and O–H groups in total. The second-order valence-corrected chi connectivity index (χ2v) is 10.2. The highest BCUT2D eigenvalue weighted by atomic mass is 35.5. The van der Waals surface area contributed by atoms with Gasteiger partial charge in [-0.2, -0.15) is 0 Å². The average molecular weight is 497 g/mol. The van der Waals surface area contributed by atoms with Gasteiger partial charge in [0, 0.05) is 15.5 Å². The average Bonchev–Trinajstić information content (AvgIpc) is 3.40. The number of Topliss-reactive ketones (excluding diaryl/α,β-unsaturated/α-hetero) is 1. The second kappa shape index (κ2) is 9.33. The Bertz CT molecular complexity index is 1390. The predicted octanol–water partition coefficient (Wildman–Crippen LogP) is 5.96. The van der Waals surface area contributed by atoms with Crippen LogP contribution >= 0.6 is 34.7 Å². The molecular formula is C25H21ClN2O3S2. The number of halogens is 1. The SMILES string of the molecule is CCOc1ccc(-n2c(SCC(=O)c3ccc(Cl)cc3)nc3sc4c(c3c2=O)CCC4)cc1. The number of fused-ring (bicyclic) bond motifs is 3. The largest absolute Gasteiger partial charge is 0.494 e. The fourth-order valence-electron chi connectivity index (χ4n) is 4.06. The maximum atomic E-state index is 13.7. The molecule has 0 amide bonds. The summed E-state index contributed by atoms with van der Waals surface area (Å²) in [6, 6.07) is 14.2. The molecule has 0 spiro atoms. The van der Waals surface area contributed by atoms with Gasteiger partial charge in [0.2, 0.25) is 0 Å². The van der Waals surface area contributed by atoms with E-state index in [9.17, 15) is 9.59 Å². The van der Waals surface area contributed by atoms with Crippen molar-refractivity contribution in [1.29, 1.82) is 0 Å². The molecule has 0 fully saturated rings. The third kappa shape index (κ3) is 4.33. The molecule has 1 aliphatic rings. The number of hydrogen-bond acceptors (Lipinski definition) is 6. The minimum atomic E-state index is -0.0787. The molecular weight excluding hydrogens is 476 g/mol. The summed E-state index contributed by atoms with van der Waals surface area (Å²) >= 11 is 8.82. The van der Waals surface area contributed by atoms with Gasteiger partial charge in [-0.3, -0.25) is 14.2 Å². The standard InChI is InChI=1S/C25H21ClN2O3S2/c1-2-31-18-12-10-17(11-13-18)28-24(30)22-19-4-3-5-21(19)33-23(22)27-25(28)32-14-20(29)15-6-8-16(26)9-7-15/h6-13H,2-5,14H2,1H3. The smallest absolute Gasteiger partial charge is 0.267 e. The normalized spacial score (nSPS) is 12.8. The van der Waals surface area contributed by atoms with E-state index in [-0.39, 0.29) is 17.1 Å². The fourth-order valence-corrected chi connectivity index (χ4v) is 6.39. The number of aryl methyl sites for hydroxylation is 2. The van der Waals surface area contributed by atoms with Crippen LogP contribution in [0.2, 0.25) is 5.02 Å². The highest BCUT2D eigenvalue weighted by Gasteiger charge is 2.24. The number of carbonyl (C=O) groups excluding carboxylic acids is 1. The number of thioether (sulfide) groups is 1. The molecule has 168 valence electrons. The molecule has 2 heterocycles. The van der Waals surface area contributed by atoms with Crippen molar-refractivity contribution in [2.24, 2.45) is 0 Å². The van der Waals surface area contributed by atoms with Crippen LogP contribution in [0.15, 0.2) is 58.5 Å². The number of ketones is 1. The minimum absolute atomic E-state index is 0.0436. The monoisotopic (exact) mass is 496 g/mol. The molecule has 0 radical (unpaired) electrons. The predicted molar refractivity (Wildman–Crippen MR) is 135 cm³/mol. The number of rotatable bonds is 7. The molecule has 0 atom stereocenters. The molecule has 0 aliphatic heterocycles. The summed E-state index contributed by atoms with van der Waals surface area (Å²) in [5.41, 5.74) is 2.35. The Morgan fingerprint density at radius 3 is 2.64 bits per heavy atom. The van der Waals surface area contributed by atoms with Crippen LogP contribution in [0.4, 0.5) is 0 Å². The number of thiophene rings is 1. The quantitative estimate of drug-likeness (QED) is 0.179. The van der Waals surface area contributed by atoms with Gasteiger partial charge in [-0.25, -0.2) is 4.98 Å². The van der Waals surface area contributed by atoms with Gasteiger partial charge in [0.15, 0.2) is 10.9 Å². The molecule has 33 heavy (non-hydrogen) atoms. The molecule has 5 rings (SSSR count). The van der Waals surface area contributed by atoms with Crippen LogP contribution in [0.25, 0.3) is 15.9 Å². The number of aromatic nitrogens is 2. The second-order valence-electron chi connectivity index (χ2n) is 7.72. The zero-order valence-corrected chi connectivity index (χ0v) is 20.4. The number of ether oxygens (including phenoxy) is 1. The Hall–Kier alpha value is -2.61. The maximum absolute atomic E-state index is 13.7. The molecule has 0 unspecified atom stereocenters. The van der Waals surface area contributed by atoms with Crippen molar-refractivity contribution in [2.45, 2.75) is 31.3 Å². The van der Waals surface area contributed by atoms with Crippen molar-refractivity contribution in [3.8, 4) is 11.4 Å². The molecule has 0 saturated carbocycles. The third-order valence-corrected chi connectivity index (χ3v) is 7.99. The van der Waals surface area contributed by atoms with E-state index in [0.717, 1.165) is 40.8 Å². The molecule has 0 saturated heterocycles. The molecule has 4 aromatic rings. The first-order chi connectivity index (χ1) is 16.0. The summed E-state index contributed by atoms with van der Waals surface area (Å²) in [6.45, 7) is 2.50. The van der Waals surface area contributed by atoms with E-state index in [1.54, 1.807) is 40.2 Å². The van der Waals surface area contributed by atoms with Crippen molar-refractivity contribution in [3.05, 3.63) is 79.9 Å². The van der Waals surface area contributed by atoms with Gasteiger partial charge in [0.25, 0.3) is 5.56 Å². The molecule has 1 aliphatic carbocycles. The summed E-state index contributed by atoms with van der Waals surface area (Å²) in [7, 11) is 0. The number of carbonyl (C=O) groups is 1. The number of nitrogens with zero attached hydrogens (tertiary/aromatic N) is 2. The molecule has 8 heteroatoms. The van der Waals surface area contributed by atoms with Crippen LogP contribution in [0, 0.1) is 0 Å². The van der Waals surface area contributed by atoms with E-state index < -0.39 is 0 Å². The number of benzene rings is 2. The van der Waals surface area contributed by atoms with Crippen molar-refractivity contribution in [3.63, 3.8) is 0 Å². The van der Waals surface area contributed by atoms with Gasteiger partial charge in [-0.15, -0.1) is 11.3 Å². The van der Waals surface area contributed by atoms with Crippen LogP contribution in [-0.4, -0.2) is 27.7 Å². The van der Waals surface area contributed by atoms with Crippen molar-refractivity contribution >= 4 is 50.7 Å². The molecule has 5 nitrogen and oxygen atoms in total. The third-order valence-electron chi connectivity index (χ3n) is 5.61. The summed E-state index contributed by atoms with van der Waals surface area (Å²) in [5.74, 6) is 0.867. The Kier molecular flexibility index (Phi) is 6.27. The van der Waals surface area contributed by atoms with Crippen molar-refractivity contribution in [1.82, 2.24) is 9.55 Å². The van der Waals surface area contributed by atoms with Crippen LogP contribution in [0.1, 0.15) is 34.1 Å². The van der Waals surface area contributed by atoms with E-state index in [4.69, 9.17) is 21.3 Å². The fraction of sp³-hybridized carbons (Fsp3) is 0.240. The van der Waals surface area contributed by atoms with E-state index in [1.807, 2.05) is 31.2 Å². The van der Waals surface area contributed by atoms with Crippen molar-refractivity contribution in [2.75, 3.05) is 12.4 Å². The van der Waals surface area contributed by atoms with Gasteiger partial charge in [0.1, 0.15) is 10.6 Å². The Morgan fingerprint density at radius 2 is 1.91 bits per heavy atom. The van der Waals surface area contributed by atoms with Crippen LogP contribution < -0.4 is 10.3 Å². The van der Waals surface area contributed by atoms with E-state index in [2.05, 4.69) is 0 Å². The lowest BCUT2D eigenvalue weighted by Gasteiger charge is -2.13. The molecule has 2 aromatic carbocycles. The topological polar surface area (TPSA) is 61.2 Å². The lowest BCUT2D eigenvalue weighted by atomic mass is 10.1. The Morgan fingerprint density at radius 1 is 1.15 bits per heavy atom. The van der Waals surface area contributed by atoms with Crippen LogP contribution in [0.3, 0.4) is 0 Å². The highest BCUT2D eigenvalue weighted by Crippen LogP contribution is 2.36. The van der Waals surface area contributed by atoms with Crippen LogP contribution in [-0.2, 0) is 12.8 Å².